The molecule has 1 aromatic heterocycles. The molecule has 2 aromatic carbocycles. The van der Waals surface area contributed by atoms with Crippen LogP contribution in [-0.2, 0) is 6.61 Å². The van der Waals surface area contributed by atoms with Gasteiger partial charge in [0.1, 0.15) is 12.4 Å². The van der Waals surface area contributed by atoms with Gasteiger partial charge in [0.15, 0.2) is 0 Å². The summed E-state index contributed by atoms with van der Waals surface area (Å²) in [5.74, 6) is 0.903. The summed E-state index contributed by atoms with van der Waals surface area (Å²) in [6.45, 7) is 4.66. The van der Waals surface area contributed by atoms with Crippen molar-refractivity contribution in [1.82, 2.24) is 4.98 Å². The highest BCUT2D eigenvalue weighted by Crippen LogP contribution is 2.28. The molecule has 0 amide bonds. The summed E-state index contributed by atoms with van der Waals surface area (Å²) in [5.41, 5.74) is 4.35. The SMILES string of the molecule is Cc1cc(OCc2ccccc2)c2cccc(C)c2n1. The van der Waals surface area contributed by atoms with Gasteiger partial charge in [-0.05, 0) is 31.0 Å². The van der Waals surface area contributed by atoms with E-state index in [4.69, 9.17) is 4.74 Å². The molecule has 0 bridgehead atoms. The lowest BCUT2D eigenvalue weighted by molar-refractivity contribution is 0.309. The summed E-state index contributed by atoms with van der Waals surface area (Å²) < 4.78 is 6.00. The molecule has 0 radical (unpaired) electrons. The predicted octanol–water partition coefficient (Wildman–Crippen LogP) is 4.43. The zero-order valence-electron chi connectivity index (χ0n) is 11.8. The Bertz CT molecular complexity index is 735. The molecule has 20 heavy (non-hydrogen) atoms. The van der Waals surface area contributed by atoms with Crippen molar-refractivity contribution in [2.24, 2.45) is 0 Å². The second-order valence-electron chi connectivity index (χ2n) is 5.01. The summed E-state index contributed by atoms with van der Waals surface area (Å²) >= 11 is 0. The van der Waals surface area contributed by atoms with E-state index in [1.165, 1.54) is 11.1 Å². The molecule has 100 valence electrons. The summed E-state index contributed by atoms with van der Waals surface area (Å²) in [6, 6.07) is 18.4. The lowest BCUT2D eigenvalue weighted by atomic mass is 10.1. The van der Waals surface area contributed by atoms with Crippen LogP contribution in [0.1, 0.15) is 16.8 Å². The van der Waals surface area contributed by atoms with E-state index < -0.39 is 0 Å². The van der Waals surface area contributed by atoms with E-state index in [0.717, 1.165) is 22.3 Å². The molecule has 3 aromatic rings. The lowest BCUT2D eigenvalue weighted by Crippen LogP contribution is -1.98. The highest BCUT2D eigenvalue weighted by Gasteiger charge is 2.07. The Kier molecular flexibility index (Phi) is 3.38. The molecule has 0 aliphatic carbocycles. The van der Waals surface area contributed by atoms with Gasteiger partial charge >= 0.3 is 0 Å². The minimum atomic E-state index is 0.577. The van der Waals surface area contributed by atoms with Crippen molar-refractivity contribution in [3.8, 4) is 5.75 Å². The maximum atomic E-state index is 6.00. The Morgan fingerprint density at radius 3 is 2.55 bits per heavy atom. The zero-order chi connectivity index (χ0) is 13.9. The fourth-order valence-corrected chi connectivity index (χ4v) is 2.34. The smallest absolute Gasteiger partial charge is 0.131 e. The van der Waals surface area contributed by atoms with Crippen molar-refractivity contribution in [1.29, 1.82) is 0 Å². The third kappa shape index (κ3) is 2.50. The molecule has 0 spiro atoms. The highest BCUT2D eigenvalue weighted by atomic mass is 16.5. The molecule has 0 unspecified atom stereocenters. The Hall–Kier alpha value is -2.35. The van der Waals surface area contributed by atoms with Crippen LogP contribution >= 0.6 is 0 Å². The molecule has 0 atom stereocenters. The maximum Gasteiger partial charge on any atom is 0.131 e. The number of hydrogen-bond acceptors (Lipinski definition) is 2. The van der Waals surface area contributed by atoms with Gasteiger partial charge in [-0.3, -0.25) is 4.98 Å². The number of fused-ring (bicyclic) bond motifs is 1. The topological polar surface area (TPSA) is 22.1 Å². The van der Waals surface area contributed by atoms with E-state index in [9.17, 15) is 0 Å². The number of rotatable bonds is 3. The number of hydrogen-bond donors (Lipinski definition) is 0. The summed E-state index contributed by atoms with van der Waals surface area (Å²) in [4.78, 5) is 4.61. The monoisotopic (exact) mass is 263 g/mol. The number of benzene rings is 2. The Labute approximate surface area is 119 Å². The van der Waals surface area contributed by atoms with Crippen LogP contribution in [0.15, 0.2) is 54.6 Å². The quantitative estimate of drug-likeness (QED) is 0.697. The molecule has 2 heteroatoms. The normalized spacial score (nSPS) is 10.7. The van der Waals surface area contributed by atoms with Crippen molar-refractivity contribution in [2.75, 3.05) is 0 Å². The van der Waals surface area contributed by atoms with E-state index in [1.54, 1.807) is 0 Å². The third-order valence-electron chi connectivity index (χ3n) is 3.37. The van der Waals surface area contributed by atoms with Gasteiger partial charge in [0, 0.05) is 17.1 Å². The number of para-hydroxylation sites is 1. The average Bonchev–Trinajstić information content (AvgIpc) is 2.47. The van der Waals surface area contributed by atoms with E-state index in [-0.39, 0.29) is 0 Å². The Morgan fingerprint density at radius 1 is 0.950 bits per heavy atom. The highest BCUT2D eigenvalue weighted by molar-refractivity contribution is 5.87. The predicted molar refractivity (Wildman–Crippen MR) is 82.0 cm³/mol. The number of pyridine rings is 1. The minimum absolute atomic E-state index is 0.577. The fraction of sp³-hybridized carbons (Fsp3) is 0.167. The molecule has 0 N–H and O–H groups in total. The van der Waals surface area contributed by atoms with Crippen LogP contribution < -0.4 is 4.74 Å². The molecule has 3 rings (SSSR count). The molecule has 1 heterocycles. The molecule has 0 fully saturated rings. The second kappa shape index (κ2) is 5.33. The fourth-order valence-electron chi connectivity index (χ4n) is 2.34. The van der Waals surface area contributed by atoms with Gasteiger partial charge in [-0.15, -0.1) is 0 Å². The van der Waals surface area contributed by atoms with Crippen molar-refractivity contribution in [2.45, 2.75) is 20.5 Å². The first-order chi connectivity index (χ1) is 9.74. The van der Waals surface area contributed by atoms with Crippen LogP contribution in [0.4, 0.5) is 0 Å². The Morgan fingerprint density at radius 2 is 1.75 bits per heavy atom. The van der Waals surface area contributed by atoms with Gasteiger partial charge in [-0.25, -0.2) is 0 Å². The molecule has 0 aliphatic heterocycles. The summed E-state index contributed by atoms with van der Waals surface area (Å²) in [5, 5.41) is 1.08. The molecule has 0 saturated heterocycles. The first kappa shape index (κ1) is 12.7. The van der Waals surface area contributed by atoms with E-state index in [1.807, 2.05) is 37.3 Å². The molecule has 2 nitrogen and oxygen atoms in total. The zero-order valence-corrected chi connectivity index (χ0v) is 11.8. The molecular weight excluding hydrogens is 246 g/mol. The summed E-state index contributed by atoms with van der Waals surface area (Å²) in [7, 11) is 0. The largest absolute Gasteiger partial charge is 0.488 e. The van der Waals surface area contributed by atoms with E-state index in [0.29, 0.717) is 6.61 Å². The average molecular weight is 263 g/mol. The number of aromatic nitrogens is 1. The lowest BCUT2D eigenvalue weighted by Gasteiger charge is -2.11. The maximum absolute atomic E-state index is 6.00. The number of nitrogens with zero attached hydrogens (tertiary/aromatic N) is 1. The molecular formula is C18H17NO. The first-order valence-electron chi connectivity index (χ1n) is 6.78. The van der Waals surface area contributed by atoms with Crippen LogP contribution in [-0.4, -0.2) is 4.98 Å². The second-order valence-corrected chi connectivity index (χ2v) is 5.01. The van der Waals surface area contributed by atoms with Gasteiger partial charge in [-0.2, -0.15) is 0 Å². The van der Waals surface area contributed by atoms with Gasteiger partial charge in [0.25, 0.3) is 0 Å². The van der Waals surface area contributed by atoms with E-state index >= 15 is 0 Å². The van der Waals surface area contributed by atoms with Crippen molar-refractivity contribution < 1.29 is 4.74 Å². The third-order valence-corrected chi connectivity index (χ3v) is 3.37. The standard InChI is InChI=1S/C18H17NO/c1-13-7-6-10-16-17(11-14(2)19-18(13)16)20-12-15-8-4-3-5-9-15/h3-11H,12H2,1-2H3. The number of aryl methyl sites for hydroxylation is 2. The van der Waals surface area contributed by atoms with Gasteiger partial charge in [0.05, 0.1) is 5.52 Å². The summed E-state index contributed by atoms with van der Waals surface area (Å²) in [6.07, 6.45) is 0. The van der Waals surface area contributed by atoms with Crippen molar-refractivity contribution in [3.05, 3.63) is 71.4 Å². The minimum Gasteiger partial charge on any atom is -0.488 e. The molecule has 0 saturated carbocycles. The Balaban J connectivity index is 1.97. The number of ether oxygens (including phenoxy) is 1. The van der Waals surface area contributed by atoms with Gasteiger partial charge < -0.3 is 4.74 Å². The van der Waals surface area contributed by atoms with Crippen LogP contribution in [0.3, 0.4) is 0 Å². The van der Waals surface area contributed by atoms with Crippen molar-refractivity contribution in [3.63, 3.8) is 0 Å². The molecule has 0 aliphatic rings. The van der Waals surface area contributed by atoms with Crippen LogP contribution in [0.25, 0.3) is 10.9 Å². The van der Waals surface area contributed by atoms with Gasteiger partial charge in [0.2, 0.25) is 0 Å². The first-order valence-corrected chi connectivity index (χ1v) is 6.78. The van der Waals surface area contributed by atoms with Crippen LogP contribution in [0.2, 0.25) is 0 Å². The van der Waals surface area contributed by atoms with Crippen LogP contribution in [0, 0.1) is 13.8 Å². The van der Waals surface area contributed by atoms with Crippen LogP contribution in [0.5, 0.6) is 5.75 Å². The van der Waals surface area contributed by atoms with E-state index in [2.05, 4.69) is 36.2 Å². The van der Waals surface area contributed by atoms with Crippen molar-refractivity contribution >= 4 is 10.9 Å². The van der Waals surface area contributed by atoms with Gasteiger partial charge in [-0.1, -0.05) is 42.5 Å².